The molecule has 1 aliphatic heterocycles. The van der Waals surface area contributed by atoms with Crippen molar-refractivity contribution < 1.29 is 17.9 Å². The molecule has 0 aliphatic carbocycles. The Morgan fingerprint density at radius 2 is 2.08 bits per heavy atom. The normalized spacial score (nSPS) is 16.7. The molecule has 0 spiro atoms. The summed E-state index contributed by atoms with van der Waals surface area (Å²) in [4.78, 5) is 16.4. The Morgan fingerprint density at radius 1 is 1.38 bits per heavy atom. The van der Waals surface area contributed by atoms with Crippen molar-refractivity contribution >= 4 is 43.7 Å². The molecule has 7 nitrogen and oxygen atoms in total. The van der Waals surface area contributed by atoms with Crippen LogP contribution in [0.3, 0.4) is 0 Å². The number of carbonyl (C=O) groups is 1. The maximum absolute atomic E-state index is 12.9. The van der Waals surface area contributed by atoms with Crippen LogP contribution in [0.1, 0.15) is 25.5 Å². The summed E-state index contributed by atoms with van der Waals surface area (Å²) in [6.45, 7) is 4.22. The highest BCUT2D eigenvalue weighted by atomic mass is 32.2. The Labute approximate surface area is 161 Å². The van der Waals surface area contributed by atoms with Gasteiger partial charge in [-0.1, -0.05) is 11.3 Å². The van der Waals surface area contributed by atoms with E-state index < -0.39 is 10.0 Å². The summed E-state index contributed by atoms with van der Waals surface area (Å²) in [5.74, 6) is -0.182. The molecule has 3 rings (SSSR count). The van der Waals surface area contributed by atoms with Gasteiger partial charge in [-0.25, -0.2) is 13.4 Å². The second-order valence-corrected chi connectivity index (χ2v) is 10.2. The molecule has 2 aromatic heterocycles. The van der Waals surface area contributed by atoms with Crippen LogP contribution in [0.25, 0.3) is 10.4 Å². The van der Waals surface area contributed by atoms with Gasteiger partial charge in [0.1, 0.15) is 4.21 Å². The number of nitrogens with one attached hydrogen (secondary N) is 1. The summed E-state index contributed by atoms with van der Waals surface area (Å²) < 4.78 is 32.9. The van der Waals surface area contributed by atoms with Crippen molar-refractivity contribution in [1.29, 1.82) is 0 Å². The van der Waals surface area contributed by atoms with Gasteiger partial charge in [0.25, 0.3) is 10.0 Å². The standard InChI is InChI=1S/C16H21N3O4S3/c1-10-15(25-16(17-10)18-11(2)20)12-8-14(24-9-12)26(21,22)19-6-4-13(23-3)5-7-19/h8-9,13H,4-7H2,1-3H3,(H,17,18,20). The van der Waals surface area contributed by atoms with Crippen LogP contribution in [-0.2, 0) is 19.6 Å². The molecular weight excluding hydrogens is 394 g/mol. The number of thiophene rings is 1. The van der Waals surface area contributed by atoms with Crippen LogP contribution >= 0.6 is 22.7 Å². The van der Waals surface area contributed by atoms with Crippen LogP contribution in [0.2, 0.25) is 0 Å². The first-order valence-corrected chi connectivity index (χ1v) is 11.3. The fourth-order valence-electron chi connectivity index (χ4n) is 2.87. The molecule has 1 fully saturated rings. The molecule has 142 valence electrons. The third kappa shape index (κ3) is 3.99. The second kappa shape index (κ2) is 7.73. The number of aryl methyl sites for hydroxylation is 1. The van der Waals surface area contributed by atoms with E-state index in [1.165, 1.54) is 33.9 Å². The van der Waals surface area contributed by atoms with Crippen LogP contribution in [-0.4, -0.2) is 49.9 Å². The Hall–Kier alpha value is -1.33. The molecule has 1 saturated heterocycles. The van der Waals surface area contributed by atoms with Gasteiger partial charge in [-0.2, -0.15) is 4.31 Å². The number of rotatable bonds is 5. The van der Waals surface area contributed by atoms with Gasteiger partial charge in [0.2, 0.25) is 5.91 Å². The van der Waals surface area contributed by atoms with E-state index in [2.05, 4.69) is 10.3 Å². The maximum atomic E-state index is 12.9. The molecular formula is C16H21N3O4S3. The average Bonchev–Trinajstić information content (AvgIpc) is 3.21. The predicted molar refractivity (Wildman–Crippen MR) is 103 cm³/mol. The Bertz CT molecular complexity index is 896. The molecule has 0 radical (unpaired) electrons. The van der Waals surface area contributed by atoms with Crippen molar-refractivity contribution in [3.8, 4) is 10.4 Å². The minimum Gasteiger partial charge on any atom is -0.381 e. The van der Waals surface area contributed by atoms with Gasteiger partial charge in [0.05, 0.1) is 16.7 Å². The third-order valence-electron chi connectivity index (χ3n) is 4.25. The Balaban J connectivity index is 1.81. The number of thiazole rings is 1. The van der Waals surface area contributed by atoms with Crippen molar-refractivity contribution in [3.63, 3.8) is 0 Å². The molecule has 3 heterocycles. The number of piperidine rings is 1. The number of sulfonamides is 1. The number of anilines is 1. The molecule has 0 atom stereocenters. The number of aromatic nitrogens is 1. The molecule has 2 aromatic rings. The van der Waals surface area contributed by atoms with E-state index in [-0.39, 0.29) is 12.0 Å². The zero-order chi connectivity index (χ0) is 18.9. The monoisotopic (exact) mass is 415 g/mol. The van der Waals surface area contributed by atoms with Crippen molar-refractivity contribution in [2.24, 2.45) is 0 Å². The largest absolute Gasteiger partial charge is 0.381 e. The minimum atomic E-state index is -3.50. The first kappa shape index (κ1) is 19.4. The SMILES string of the molecule is COC1CCN(S(=O)(=O)c2cc(-c3sc(NC(C)=O)nc3C)cs2)CC1. The summed E-state index contributed by atoms with van der Waals surface area (Å²) >= 11 is 2.56. The zero-order valence-electron chi connectivity index (χ0n) is 14.8. The van der Waals surface area contributed by atoms with Gasteiger partial charge in [0, 0.05) is 38.1 Å². The van der Waals surface area contributed by atoms with Gasteiger partial charge < -0.3 is 10.1 Å². The summed E-state index contributed by atoms with van der Waals surface area (Å²) in [5.41, 5.74) is 1.58. The highest BCUT2D eigenvalue weighted by Gasteiger charge is 2.30. The van der Waals surface area contributed by atoms with Gasteiger partial charge in [-0.3, -0.25) is 4.79 Å². The number of hydrogen-bond acceptors (Lipinski definition) is 7. The minimum absolute atomic E-state index is 0.132. The van der Waals surface area contributed by atoms with E-state index in [4.69, 9.17) is 4.74 Å². The van der Waals surface area contributed by atoms with E-state index in [0.29, 0.717) is 35.3 Å². The van der Waals surface area contributed by atoms with Gasteiger partial charge in [-0.05, 0) is 25.8 Å². The lowest BCUT2D eigenvalue weighted by Crippen LogP contribution is -2.40. The number of ether oxygens (including phenoxy) is 1. The number of nitrogens with zero attached hydrogens (tertiary/aromatic N) is 2. The van der Waals surface area contributed by atoms with E-state index in [9.17, 15) is 13.2 Å². The molecule has 1 N–H and O–H groups in total. The van der Waals surface area contributed by atoms with E-state index in [0.717, 1.165) is 16.1 Å². The first-order chi connectivity index (χ1) is 12.3. The van der Waals surface area contributed by atoms with Crippen molar-refractivity contribution in [3.05, 3.63) is 17.1 Å². The number of amides is 1. The fourth-order valence-corrected chi connectivity index (χ4v) is 6.74. The van der Waals surface area contributed by atoms with E-state index >= 15 is 0 Å². The quantitative estimate of drug-likeness (QED) is 0.811. The predicted octanol–water partition coefficient (Wildman–Crippen LogP) is 2.94. The number of hydrogen-bond donors (Lipinski definition) is 1. The summed E-state index contributed by atoms with van der Waals surface area (Å²) in [6.07, 6.45) is 1.55. The van der Waals surface area contributed by atoms with Crippen LogP contribution in [0.15, 0.2) is 15.7 Å². The fraction of sp³-hybridized carbons (Fsp3) is 0.500. The molecule has 10 heteroatoms. The number of methoxy groups -OCH3 is 1. The highest BCUT2D eigenvalue weighted by Crippen LogP contribution is 2.37. The van der Waals surface area contributed by atoms with Crippen LogP contribution in [0, 0.1) is 6.92 Å². The Kier molecular flexibility index (Phi) is 5.78. The summed E-state index contributed by atoms with van der Waals surface area (Å²) in [7, 11) is -1.84. The molecule has 0 aromatic carbocycles. The smallest absolute Gasteiger partial charge is 0.252 e. The van der Waals surface area contributed by atoms with Crippen LogP contribution < -0.4 is 5.32 Å². The van der Waals surface area contributed by atoms with Crippen LogP contribution in [0.5, 0.6) is 0 Å². The summed E-state index contributed by atoms with van der Waals surface area (Å²) in [5, 5.41) is 5.01. The van der Waals surface area contributed by atoms with E-state index in [1.807, 2.05) is 12.3 Å². The van der Waals surface area contributed by atoms with Gasteiger partial charge >= 0.3 is 0 Å². The lowest BCUT2D eigenvalue weighted by molar-refractivity contribution is -0.114. The summed E-state index contributed by atoms with van der Waals surface area (Å²) in [6, 6.07) is 1.69. The van der Waals surface area contributed by atoms with Gasteiger partial charge in [-0.15, -0.1) is 11.3 Å². The van der Waals surface area contributed by atoms with Gasteiger partial charge in [0.15, 0.2) is 5.13 Å². The molecule has 1 aliphatic rings. The second-order valence-electron chi connectivity index (χ2n) is 6.11. The lowest BCUT2D eigenvalue weighted by atomic mass is 10.1. The molecule has 1 amide bonds. The first-order valence-electron chi connectivity index (χ1n) is 8.18. The van der Waals surface area contributed by atoms with Crippen LogP contribution in [0.4, 0.5) is 5.13 Å². The highest BCUT2D eigenvalue weighted by molar-refractivity contribution is 7.91. The topological polar surface area (TPSA) is 88.6 Å². The molecule has 0 saturated carbocycles. The van der Waals surface area contributed by atoms with E-state index in [1.54, 1.807) is 13.2 Å². The molecule has 0 unspecified atom stereocenters. The number of carbonyl (C=O) groups excluding carboxylic acids is 1. The van der Waals surface area contributed by atoms with Crippen molar-refractivity contribution in [1.82, 2.24) is 9.29 Å². The third-order valence-corrected chi connectivity index (χ3v) is 8.68. The zero-order valence-corrected chi connectivity index (χ0v) is 17.3. The lowest BCUT2D eigenvalue weighted by Gasteiger charge is -2.29. The van der Waals surface area contributed by atoms with Crippen molar-refractivity contribution in [2.75, 3.05) is 25.5 Å². The molecule has 0 bridgehead atoms. The Morgan fingerprint density at radius 3 is 2.69 bits per heavy atom. The maximum Gasteiger partial charge on any atom is 0.252 e. The average molecular weight is 416 g/mol. The molecule has 26 heavy (non-hydrogen) atoms. The van der Waals surface area contributed by atoms with Crippen molar-refractivity contribution in [2.45, 2.75) is 37.0 Å².